The summed E-state index contributed by atoms with van der Waals surface area (Å²) in [5.41, 5.74) is 0.280. The average molecular weight is 210 g/mol. The standard InChI is InChI=1S/C13H26N2/c1-13(2,15(3)4)9-14-12-8-10-5-6-11(12)7-10/h10-12,14H,5-9H2,1-4H3. The van der Waals surface area contributed by atoms with E-state index < -0.39 is 0 Å². The van der Waals surface area contributed by atoms with E-state index in [2.05, 4.69) is 38.2 Å². The highest BCUT2D eigenvalue weighted by Crippen LogP contribution is 2.44. The van der Waals surface area contributed by atoms with E-state index in [1.165, 1.54) is 25.7 Å². The van der Waals surface area contributed by atoms with Gasteiger partial charge in [-0.15, -0.1) is 0 Å². The fourth-order valence-electron chi connectivity index (χ4n) is 3.03. The third-order valence-corrected chi connectivity index (χ3v) is 4.75. The number of hydrogen-bond donors (Lipinski definition) is 1. The Bertz CT molecular complexity index is 223. The number of nitrogens with zero attached hydrogens (tertiary/aromatic N) is 1. The third-order valence-electron chi connectivity index (χ3n) is 4.75. The van der Waals surface area contributed by atoms with E-state index >= 15 is 0 Å². The number of nitrogens with one attached hydrogen (secondary N) is 1. The molecule has 15 heavy (non-hydrogen) atoms. The molecule has 0 aromatic carbocycles. The SMILES string of the molecule is CN(C)C(C)(C)CNC1CC2CCC1C2. The zero-order valence-corrected chi connectivity index (χ0v) is 10.7. The van der Waals surface area contributed by atoms with E-state index in [1.54, 1.807) is 0 Å². The van der Waals surface area contributed by atoms with E-state index in [0.29, 0.717) is 0 Å². The minimum Gasteiger partial charge on any atom is -0.312 e. The first-order valence-corrected chi connectivity index (χ1v) is 6.40. The van der Waals surface area contributed by atoms with Crippen LogP contribution in [0.15, 0.2) is 0 Å². The number of fused-ring (bicyclic) bond motifs is 2. The van der Waals surface area contributed by atoms with Gasteiger partial charge in [0.05, 0.1) is 0 Å². The first-order chi connectivity index (χ1) is 6.99. The van der Waals surface area contributed by atoms with Gasteiger partial charge in [-0.3, -0.25) is 0 Å². The summed E-state index contributed by atoms with van der Waals surface area (Å²) in [6.45, 7) is 5.74. The van der Waals surface area contributed by atoms with E-state index in [0.717, 1.165) is 24.4 Å². The molecule has 2 bridgehead atoms. The van der Waals surface area contributed by atoms with E-state index in [9.17, 15) is 0 Å². The number of likely N-dealkylation sites (N-methyl/N-ethyl adjacent to an activating group) is 1. The summed E-state index contributed by atoms with van der Waals surface area (Å²) in [5, 5.41) is 3.79. The Morgan fingerprint density at radius 2 is 1.93 bits per heavy atom. The number of rotatable bonds is 4. The maximum Gasteiger partial charge on any atom is 0.0271 e. The van der Waals surface area contributed by atoms with Gasteiger partial charge in [-0.25, -0.2) is 0 Å². The molecule has 3 unspecified atom stereocenters. The summed E-state index contributed by atoms with van der Waals surface area (Å²) in [4.78, 5) is 2.31. The van der Waals surface area contributed by atoms with Crippen molar-refractivity contribution in [3.05, 3.63) is 0 Å². The summed E-state index contributed by atoms with van der Waals surface area (Å²) in [6, 6.07) is 0.822. The van der Waals surface area contributed by atoms with Gasteiger partial charge in [0.1, 0.15) is 0 Å². The summed E-state index contributed by atoms with van der Waals surface area (Å²) < 4.78 is 0. The topological polar surface area (TPSA) is 15.3 Å². The molecule has 2 aliphatic rings. The maximum absolute atomic E-state index is 3.79. The van der Waals surface area contributed by atoms with Gasteiger partial charge in [-0.1, -0.05) is 6.42 Å². The summed E-state index contributed by atoms with van der Waals surface area (Å²) in [5.74, 6) is 2.04. The van der Waals surface area contributed by atoms with Gasteiger partial charge >= 0.3 is 0 Å². The van der Waals surface area contributed by atoms with Crippen molar-refractivity contribution in [2.24, 2.45) is 11.8 Å². The van der Waals surface area contributed by atoms with E-state index in [4.69, 9.17) is 0 Å². The fraction of sp³-hybridized carbons (Fsp3) is 1.00. The quantitative estimate of drug-likeness (QED) is 0.764. The molecule has 0 aromatic rings. The van der Waals surface area contributed by atoms with E-state index in [-0.39, 0.29) is 5.54 Å². The molecule has 0 aliphatic heterocycles. The van der Waals surface area contributed by atoms with Crippen molar-refractivity contribution < 1.29 is 0 Å². The van der Waals surface area contributed by atoms with Crippen molar-refractivity contribution in [1.82, 2.24) is 10.2 Å². The van der Waals surface area contributed by atoms with Gasteiger partial charge in [0.15, 0.2) is 0 Å². The Hall–Kier alpha value is -0.0800. The fourth-order valence-corrected chi connectivity index (χ4v) is 3.03. The van der Waals surface area contributed by atoms with Gasteiger partial charge in [-0.05, 0) is 59.0 Å². The lowest BCUT2D eigenvalue weighted by Gasteiger charge is -2.35. The van der Waals surface area contributed by atoms with Crippen molar-refractivity contribution in [1.29, 1.82) is 0 Å². The number of hydrogen-bond acceptors (Lipinski definition) is 2. The van der Waals surface area contributed by atoms with Crippen molar-refractivity contribution in [2.45, 2.75) is 51.1 Å². The highest BCUT2D eigenvalue weighted by molar-refractivity contribution is 4.95. The maximum atomic E-state index is 3.79. The van der Waals surface area contributed by atoms with Crippen LogP contribution >= 0.6 is 0 Å². The normalized spacial score (nSPS) is 35.4. The van der Waals surface area contributed by atoms with Crippen molar-refractivity contribution >= 4 is 0 Å². The summed E-state index contributed by atoms with van der Waals surface area (Å²) in [6.07, 6.45) is 5.92. The largest absolute Gasteiger partial charge is 0.312 e. The molecule has 88 valence electrons. The van der Waals surface area contributed by atoms with Crippen LogP contribution in [0.2, 0.25) is 0 Å². The molecule has 0 amide bonds. The van der Waals surface area contributed by atoms with Crippen LogP contribution in [-0.4, -0.2) is 37.1 Å². The van der Waals surface area contributed by atoms with Crippen molar-refractivity contribution in [3.8, 4) is 0 Å². The van der Waals surface area contributed by atoms with Crippen molar-refractivity contribution in [3.63, 3.8) is 0 Å². The zero-order valence-electron chi connectivity index (χ0n) is 10.7. The predicted octanol–water partition coefficient (Wildman–Crippen LogP) is 2.10. The van der Waals surface area contributed by atoms with Crippen LogP contribution in [0.4, 0.5) is 0 Å². The molecule has 0 aromatic heterocycles. The van der Waals surface area contributed by atoms with Gasteiger partial charge < -0.3 is 10.2 Å². The Morgan fingerprint density at radius 3 is 2.40 bits per heavy atom. The molecule has 0 saturated heterocycles. The highest BCUT2D eigenvalue weighted by Gasteiger charge is 2.39. The monoisotopic (exact) mass is 210 g/mol. The van der Waals surface area contributed by atoms with Crippen LogP contribution in [0, 0.1) is 11.8 Å². The molecule has 0 heterocycles. The lowest BCUT2D eigenvalue weighted by atomic mass is 9.94. The predicted molar refractivity (Wildman–Crippen MR) is 65.0 cm³/mol. The van der Waals surface area contributed by atoms with Gasteiger partial charge in [0.25, 0.3) is 0 Å². The summed E-state index contributed by atoms with van der Waals surface area (Å²) in [7, 11) is 4.34. The molecule has 2 saturated carbocycles. The molecule has 2 heteroatoms. The van der Waals surface area contributed by atoms with Crippen LogP contribution in [-0.2, 0) is 0 Å². The first-order valence-electron chi connectivity index (χ1n) is 6.40. The minimum atomic E-state index is 0.280. The molecule has 2 rings (SSSR count). The molecule has 2 nitrogen and oxygen atoms in total. The Morgan fingerprint density at radius 1 is 1.20 bits per heavy atom. The molecule has 2 fully saturated rings. The van der Waals surface area contributed by atoms with Crippen LogP contribution in [0.3, 0.4) is 0 Å². The van der Waals surface area contributed by atoms with Crippen LogP contribution < -0.4 is 5.32 Å². The Balaban J connectivity index is 1.79. The molecule has 0 radical (unpaired) electrons. The molecular weight excluding hydrogens is 184 g/mol. The molecule has 3 atom stereocenters. The van der Waals surface area contributed by atoms with Gasteiger partial charge in [0, 0.05) is 18.1 Å². The lowest BCUT2D eigenvalue weighted by molar-refractivity contribution is 0.176. The van der Waals surface area contributed by atoms with E-state index in [1.807, 2.05) is 0 Å². The zero-order chi connectivity index (χ0) is 11.1. The van der Waals surface area contributed by atoms with Crippen LogP contribution in [0.5, 0.6) is 0 Å². The second-order valence-electron chi connectivity index (χ2n) is 6.37. The third kappa shape index (κ3) is 2.36. The summed E-state index contributed by atoms with van der Waals surface area (Å²) >= 11 is 0. The van der Waals surface area contributed by atoms with Crippen LogP contribution in [0.1, 0.15) is 39.5 Å². The van der Waals surface area contributed by atoms with Gasteiger partial charge in [-0.2, -0.15) is 0 Å². The second kappa shape index (κ2) is 4.06. The Kier molecular flexibility index (Phi) is 3.09. The van der Waals surface area contributed by atoms with Crippen molar-refractivity contribution in [2.75, 3.05) is 20.6 Å². The molecular formula is C13H26N2. The first kappa shape index (κ1) is 11.4. The highest BCUT2D eigenvalue weighted by atomic mass is 15.2. The van der Waals surface area contributed by atoms with Gasteiger partial charge in [0.2, 0.25) is 0 Å². The van der Waals surface area contributed by atoms with Crippen LogP contribution in [0.25, 0.3) is 0 Å². The lowest BCUT2D eigenvalue weighted by Crippen LogP contribution is -2.50. The minimum absolute atomic E-state index is 0.280. The smallest absolute Gasteiger partial charge is 0.0271 e. The molecule has 2 aliphatic carbocycles. The molecule has 1 N–H and O–H groups in total. The second-order valence-corrected chi connectivity index (χ2v) is 6.37. The molecule has 0 spiro atoms. The Labute approximate surface area is 94.4 Å². The average Bonchev–Trinajstić information content (AvgIpc) is 2.75.